The Balaban J connectivity index is 1.72. The first-order chi connectivity index (χ1) is 11.0. The van der Waals surface area contributed by atoms with Crippen LogP contribution < -0.4 is 4.72 Å². The van der Waals surface area contributed by atoms with Gasteiger partial charge in [-0.05, 0) is 46.9 Å². The molecule has 1 aromatic heterocycles. The Morgan fingerprint density at radius 3 is 2.57 bits per heavy atom. The highest BCUT2D eigenvalue weighted by atomic mass is 35.5. The first-order valence-corrected chi connectivity index (χ1v) is 10.7. The van der Waals surface area contributed by atoms with Gasteiger partial charge in [0, 0.05) is 17.0 Å². The second-order valence-corrected chi connectivity index (χ2v) is 9.17. The maximum absolute atomic E-state index is 12.5. The third-order valence-corrected chi connectivity index (χ3v) is 6.96. The number of hydrogen-bond acceptors (Lipinski definition) is 3. The summed E-state index contributed by atoms with van der Waals surface area (Å²) in [6.07, 6.45) is 4.39. The van der Waals surface area contributed by atoms with E-state index in [1.807, 2.05) is 0 Å². The van der Waals surface area contributed by atoms with Crippen molar-refractivity contribution >= 4 is 33.0 Å². The average Bonchev–Trinajstić information content (AvgIpc) is 3.19. The number of sulfonamides is 1. The molecule has 1 aliphatic carbocycles. The molecule has 3 nitrogen and oxygen atoms in total. The molecule has 6 heteroatoms. The van der Waals surface area contributed by atoms with Crippen molar-refractivity contribution in [2.45, 2.75) is 36.9 Å². The normalized spacial score (nSPS) is 17.4. The highest BCUT2D eigenvalue weighted by Crippen LogP contribution is 2.41. The Kier molecular flexibility index (Phi) is 5.11. The Morgan fingerprint density at radius 1 is 1.17 bits per heavy atom. The second-order valence-electron chi connectivity index (χ2n) is 6.17. The third kappa shape index (κ3) is 3.97. The molecule has 124 valence electrons. The monoisotopic (exact) mass is 369 g/mol. The van der Waals surface area contributed by atoms with E-state index in [0.29, 0.717) is 17.1 Å². The van der Waals surface area contributed by atoms with E-state index in [9.17, 15) is 8.42 Å². The molecule has 23 heavy (non-hydrogen) atoms. The predicted molar refractivity (Wildman–Crippen MR) is 96.5 cm³/mol. The fourth-order valence-corrected chi connectivity index (χ4v) is 5.62. The molecule has 2 aromatic rings. The molecule has 0 spiro atoms. The minimum atomic E-state index is -3.40. The van der Waals surface area contributed by atoms with Gasteiger partial charge in [-0.1, -0.05) is 42.6 Å². The maximum atomic E-state index is 12.5. The highest BCUT2D eigenvalue weighted by molar-refractivity contribution is 7.88. The summed E-state index contributed by atoms with van der Waals surface area (Å²) in [6.45, 7) is 0.469. The van der Waals surface area contributed by atoms with Crippen LogP contribution in [0.15, 0.2) is 41.1 Å². The summed E-state index contributed by atoms with van der Waals surface area (Å²) in [6, 6.07) is 9.21. The summed E-state index contributed by atoms with van der Waals surface area (Å²) in [5.41, 5.74) is 1.85. The minimum absolute atomic E-state index is 0.0481. The number of rotatable bonds is 6. The minimum Gasteiger partial charge on any atom is -0.214 e. The lowest BCUT2D eigenvalue weighted by Crippen LogP contribution is -2.39. The summed E-state index contributed by atoms with van der Waals surface area (Å²) in [5.74, 6) is -0.0770. The Labute approximate surface area is 146 Å². The van der Waals surface area contributed by atoms with Crippen LogP contribution in [0.25, 0.3) is 0 Å². The molecule has 0 radical (unpaired) electrons. The van der Waals surface area contributed by atoms with Crippen molar-refractivity contribution in [3.05, 3.63) is 57.2 Å². The van der Waals surface area contributed by atoms with Crippen LogP contribution in [-0.2, 0) is 21.2 Å². The van der Waals surface area contributed by atoms with Gasteiger partial charge in [-0.2, -0.15) is 11.3 Å². The molecular formula is C17H20ClNO2S2. The zero-order valence-electron chi connectivity index (χ0n) is 12.8. The fourth-order valence-electron chi connectivity index (χ4n) is 3.30. The number of benzene rings is 1. The summed E-state index contributed by atoms with van der Waals surface area (Å²) in [5, 5.41) is 4.70. The zero-order chi connectivity index (χ0) is 16.3. The van der Waals surface area contributed by atoms with E-state index >= 15 is 0 Å². The van der Waals surface area contributed by atoms with Gasteiger partial charge in [0.2, 0.25) is 10.0 Å². The molecular weight excluding hydrogens is 350 g/mol. The van der Waals surface area contributed by atoms with Crippen LogP contribution in [0.5, 0.6) is 0 Å². The van der Waals surface area contributed by atoms with Crippen molar-refractivity contribution in [1.82, 2.24) is 4.72 Å². The molecule has 0 unspecified atom stereocenters. The molecule has 1 aliphatic rings. The highest BCUT2D eigenvalue weighted by Gasteiger charge is 2.36. The van der Waals surface area contributed by atoms with Crippen molar-refractivity contribution in [2.24, 2.45) is 0 Å². The third-order valence-electron chi connectivity index (χ3n) is 4.63. The van der Waals surface area contributed by atoms with Gasteiger partial charge in [0.15, 0.2) is 0 Å². The van der Waals surface area contributed by atoms with E-state index in [1.165, 1.54) is 5.56 Å². The van der Waals surface area contributed by atoms with Crippen LogP contribution in [0.1, 0.15) is 36.8 Å². The van der Waals surface area contributed by atoms with Crippen molar-refractivity contribution in [1.29, 1.82) is 0 Å². The van der Waals surface area contributed by atoms with Crippen molar-refractivity contribution < 1.29 is 8.42 Å². The molecule has 1 fully saturated rings. The summed E-state index contributed by atoms with van der Waals surface area (Å²) >= 11 is 7.74. The van der Waals surface area contributed by atoms with Crippen LogP contribution in [-0.4, -0.2) is 15.0 Å². The van der Waals surface area contributed by atoms with Gasteiger partial charge in [-0.25, -0.2) is 13.1 Å². The SMILES string of the molecule is O=S(=O)(Cc1ccccc1Cl)NCC1(c2ccsc2)CCCC1. The van der Waals surface area contributed by atoms with E-state index in [0.717, 1.165) is 25.7 Å². The van der Waals surface area contributed by atoms with Crippen LogP contribution >= 0.6 is 22.9 Å². The van der Waals surface area contributed by atoms with E-state index in [4.69, 9.17) is 11.6 Å². The van der Waals surface area contributed by atoms with E-state index in [-0.39, 0.29) is 11.2 Å². The van der Waals surface area contributed by atoms with Crippen LogP contribution in [0, 0.1) is 0 Å². The molecule has 0 aliphatic heterocycles. The molecule has 0 saturated heterocycles. The van der Waals surface area contributed by atoms with Gasteiger partial charge in [0.25, 0.3) is 0 Å². The van der Waals surface area contributed by atoms with Gasteiger partial charge in [0.05, 0.1) is 5.75 Å². The van der Waals surface area contributed by atoms with E-state index < -0.39 is 10.0 Å². The Hall–Kier alpha value is -0.880. The number of thiophene rings is 1. The van der Waals surface area contributed by atoms with E-state index in [2.05, 4.69) is 21.5 Å². The maximum Gasteiger partial charge on any atom is 0.215 e. The summed E-state index contributed by atoms with van der Waals surface area (Å²) in [7, 11) is -3.40. The standard InChI is InChI=1S/C17H20ClNO2S2/c18-16-6-2-1-5-14(16)12-23(20,21)19-13-17(8-3-4-9-17)15-7-10-22-11-15/h1-2,5-7,10-11,19H,3-4,8-9,12-13H2. The molecule has 1 N–H and O–H groups in total. The molecule has 0 atom stereocenters. The first-order valence-electron chi connectivity index (χ1n) is 7.74. The van der Waals surface area contributed by atoms with Gasteiger partial charge in [-0.15, -0.1) is 0 Å². The first kappa shape index (κ1) is 17.0. The second kappa shape index (κ2) is 6.93. The molecule has 0 bridgehead atoms. The van der Waals surface area contributed by atoms with Crippen LogP contribution in [0.3, 0.4) is 0 Å². The Bertz CT molecular complexity index is 751. The van der Waals surface area contributed by atoms with E-state index in [1.54, 1.807) is 35.6 Å². The number of hydrogen-bond donors (Lipinski definition) is 1. The molecule has 0 amide bonds. The fraction of sp³-hybridized carbons (Fsp3) is 0.412. The molecule has 3 rings (SSSR count). The molecule has 1 heterocycles. The zero-order valence-corrected chi connectivity index (χ0v) is 15.2. The van der Waals surface area contributed by atoms with Gasteiger partial charge < -0.3 is 0 Å². The largest absolute Gasteiger partial charge is 0.215 e. The summed E-state index contributed by atoms with van der Waals surface area (Å²) in [4.78, 5) is 0. The number of nitrogens with one attached hydrogen (secondary N) is 1. The smallest absolute Gasteiger partial charge is 0.214 e. The summed E-state index contributed by atoms with van der Waals surface area (Å²) < 4.78 is 27.7. The average molecular weight is 370 g/mol. The number of halogens is 1. The van der Waals surface area contributed by atoms with Crippen LogP contribution in [0.2, 0.25) is 5.02 Å². The Morgan fingerprint density at radius 2 is 1.91 bits per heavy atom. The topological polar surface area (TPSA) is 46.2 Å². The molecule has 1 aromatic carbocycles. The lowest BCUT2D eigenvalue weighted by Gasteiger charge is -2.28. The van der Waals surface area contributed by atoms with Crippen LogP contribution in [0.4, 0.5) is 0 Å². The van der Waals surface area contributed by atoms with Gasteiger partial charge in [0.1, 0.15) is 0 Å². The van der Waals surface area contributed by atoms with Crippen molar-refractivity contribution in [2.75, 3.05) is 6.54 Å². The predicted octanol–water partition coefficient (Wildman–Crippen LogP) is 4.33. The van der Waals surface area contributed by atoms with Gasteiger partial charge >= 0.3 is 0 Å². The van der Waals surface area contributed by atoms with Crippen molar-refractivity contribution in [3.63, 3.8) is 0 Å². The lowest BCUT2D eigenvalue weighted by molar-refractivity contribution is 0.433. The quantitative estimate of drug-likeness (QED) is 0.823. The molecule has 1 saturated carbocycles. The van der Waals surface area contributed by atoms with Crippen molar-refractivity contribution in [3.8, 4) is 0 Å². The van der Waals surface area contributed by atoms with Gasteiger partial charge in [-0.3, -0.25) is 0 Å². The lowest BCUT2D eigenvalue weighted by atomic mass is 9.81.